The number of H-pyrrole nitrogens is 1. The number of anilines is 1. The SMILES string of the molecule is O=C(N[C@H](CO)c1cc(F)ccc1F)c1[nH]nc2ncnc(N[C@H]3COCC[C@H]3O)c12. The van der Waals surface area contributed by atoms with Crippen molar-refractivity contribution >= 4 is 22.8 Å². The molecule has 3 heterocycles. The van der Waals surface area contributed by atoms with E-state index in [0.717, 1.165) is 18.2 Å². The number of carbonyl (C=O) groups is 1. The number of aromatic amines is 1. The van der Waals surface area contributed by atoms with E-state index in [2.05, 4.69) is 30.8 Å². The van der Waals surface area contributed by atoms with Crippen molar-refractivity contribution in [1.82, 2.24) is 25.5 Å². The van der Waals surface area contributed by atoms with Crippen molar-refractivity contribution in [2.24, 2.45) is 0 Å². The average Bonchev–Trinajstić information content (AvgIpc) is 3.21. The third kappa shape index (κ3) is 4.31. The monoisotopic (exact) mass is 434 g/mol. The molecule has 2 aromatic heterocycles. The molecule has 164 valence electrons. The summed E-state index contributed by atoms with van der Waals surface area (Å²) in [5, 5.41) is 32.1. The van der Waals surface area contributed by atoms with Gasteiger partial charge in [0.15, 0.2) is 5.65 Å². The van der Waals surface area contributed by atoms with E-state index in [1.165, 1.54) is 6.33 Å². The van der Waals surface area contributed by atoms with E-state index < -0.39 is 42.3 Å². The number of nitrogens with one attached hydrogen (secondary N) is 3. The van der Waals surface area contributed by atoms with Crippen LogP contribution in [0.1, 0.15) is 28.5 Å². The number of aliphatic hydroxyl groups excluding tert-OH is 2. The number of carbonyl (C=O) groups excluding carboxylic acids is 1. The van der Waals surface area contributed by atoms with Gasteiger partial charge in [0.2, 0.25) is 0 Å². The highest BCUT2D eigenvalue weighted by atomic mass is 19.1. The maximum absolute atomic E-state index is 14.1. The Morgan fingerprint density at radius 2 is 2.19 bits per heavy atom. The Bertz CT molecular complexity index is 1090. The summed E-state index contributed by atoms with van der Waals surface area (Å²) < 4.78 is 33.0. The molecule has 1 aliphatic heterocycles. The number of ether oxygens (including phenoxy) is 1. The van der Waals surface area contributed by atoms with Gasteiger partial charge in [-0.05, 0) is 24.6 Å². The molecule has 0 saturated carbocycles. The van der Waals surface area contributed by atoms with Gasteiger partial charge in [0, 0.05) is 12.2 Å². The lowest BCUT2D eigenvalue weighted by Crippen LogP contribution is -2.42. The molecule has 4 rings (SSSR count). The summed E-state index contributed by atoms with van der Waals surface area (Å²) >= 11 is 0. The number of amides is 1. The highest BCUT2D eigenvalue weighted by Crippen LogP contribution is 2.25. The van der Waals surface area contributed by atoms with E-state index >= 15 is 0 Å². The van der Waals surface area contributed by atoms with Crippen LogP contribution in [0.2, 0.25) is 0 Å². The minimum absolute atomic E-state index is 0.0421. The quantitative estimate of drug-likeness (QED) is 0.380. The second-order valence-electron chi connectivity index (χ2n) is 7.08. The maximum Gasteiger partial charge on any atom is 0.270 e. The van der Waals surface area contributed by atoms with Crippen molar-refractivity contribution in [3.05, 3.63) is 47.4 Å². The van der Waals surface area contributed by atoms with Gasteiger partial charge in [-0.25, -0.2) is 18.7 Å². The van der Waals surface area contributed by atoms with Crippen LogP contribution >= 0.6 is 0 Å². The van der Waals surface area contributed by atoms with Crippen LogP contribution in [0.4, 0.5) is 14.6 Å². The van der Waals surface area contributed by atoms with Crippen molar-refractivity contribution in [3.8, 4) is 0 Å². The molecule has 1 saturated heterocycles. The Hall–Kier alpha value is -3.22. The van der Waals surface area contributed by atoms with Gasteiger partial charge in [0.25, 0.3) is 5.91 Å². The topological polar surface area (TPSA) is 145 Å². The minimum atomic E-state index is -1.20. The molecule has 5 N–H and O–H groups in total. The number of halogens is 2. The largest absolute Gasteiger partial charge is 0.394 e. The Morgan fingerprint density at radius 3 is 2.97 bits per heavy atom. The zero-order chi connectivity index (χ0) is 22.0. The van der Waals surface area contributed by atoms with E-state index in [1.807, 2.05) is 0 Å². The van der Waals surface area contributed by atoms with Gasteiger partial charge in [-0.15, -0.1) is 0 Å². The minimum Gasteiger partial charge on any atom is -0.394 e. The molecule has 3 aromatic rings. The summed E-state index contributed by atoms with van der Waals surface area (Å²) in [6, 6.07) is 1.11. The van der Waals surface area contributed by atoms with Crippen molar-refractivity contribution in [2.75, 3.05) is 25.1 Å². The zero-order valence-electron chi connectivity index (χ0n) is 16.2. The lowest BCUT2D eigenvalue weighted by atomic mass is 10.1. The molecule has 31 heavy (non-hydrogen) atoms. The predicted molar refractivity (Wildman–Crippen MR) is 104 cm³/mol. The van der Waals surface area contributed by atoms with Gasteiger partial charge < -0.3 is 25.6 Å². The number of aromatic nitrogens is 4. The van der Waals surface area contributed by atoms with Crippen molar-refractivity contribution in [2.45, 2.75) is 24.6 Å². The summed E-state index contributed by atoms with van der Waals surface area (Å²) in [7, 11) is 0. The molecule has 10 nitrogen and oxygen atoms in total. The van der Waals surface area contributed by atoms with Crippen molar-refractivity contribution in [3.63, 3.8) is 0 Å². The fourth-order valence-electron chi connectivity index (χ4n) is 3.40. The summed E-state index contributed by atoms with van der Waals surface area (Å²) in [5.74, 6) is -1.96. The van der Waals surface area contributed by atoms with Gasteiger partial charge in [-0.3, -0.25) is 9.89 Å². The second kappa shape index (κ2) is 8.88. The van der Waals surface area contributed by atoms with Crippen LogP contribution in [-0.2, 0) is 4.74 Å². The molecule has 3 atom stereocenters. The lowest BCUT2D eigenvalue weighted by Gasteiger charge is -2.28. The molecule has 1 fully saturated rings. The Labute approximate surface area is 174 Å². The molecular weight excluding hydrogens is 414 g/mol. The van der Waals surface area contributed by atoms with Gasteiger partial charge in [0.05, 0.1) is 36.8 Å². The lowest BCUT2D eigenvalue weighted by molar-refractivity contribution is 0.00308. The molecule has 0 unspecified atom stereocenters. The van der Waals surface area contributed by atoms with E-state index in [4.69, 9.17) is 4.74 Å². The van der Waals surface area contributed by atoms with Crippen LogP contribution < -0.4 is 10.6 Å². The first-order chi connectivity index (χ1) is 15.0. The first-order valence-corrected chi connectivity index (χ1v) is 9.56. The number of rotatable bonds is 6. The first-order valence-electron chi connectivity index (χ1n) is 9.56. The van der Waals surface area contributed by atoms with Gasteiger partial charge in [0.1, 0.15) is 29.5 Å². The number of fused-ring (bicyclic) bond motifs is 1. The molecule has 1 aromatic carbocycles. The Kier molecular flexibility index (Phi) is 6.02. The maximum atomic E-state index is 14.1. The molecular formula is C19H20F2N6O4. The molecule has 0 aliphatic carbocycles. The summed E-state index contributed by atoms with van der Waals surface area (Å²) in [5.41, 5.74) is -0.0531. The molecule has 1 amide bonds. The highest BCUT2D eigenvalue weighted by Gasteiger charge is 2.27. The van der Waals surface area contributed by atoms with Crippen LogP contribution in [-0.4, -0.2) is 68.3 Å². The Morgan fingerprint density at radius 1 is 1.35 bits per heavy atom. The molecule has 0 radical (unpaired) electrons. The zero-order valence-corrected chi connectivity index (χ0v) is 16.2. The van der Waals surface area contributed by atoms with Crippen molar-refractivity contribution in [1.29, 1.82) is 0 Å². The number of aliphatic hydroxyl groups is 2. The molecule has 12 heteroatoms. The van der Waals surface area contributed by atoms with Crippen LogP contribution in [0.5, 0.6) is 0 Å². The van der Waals surface area contributed by atoms with Gasteiger partial charge in [-0.1, -0.05) is 0 Å². The van der Waals surface area contributed by atoms with Crippen molar-refractivity contribution < 1.29 is 28.5 Å². The smallest absolute Gasteiger partial charge is 0.270 e. The number of benzene rings is 1. The summed E-state index contributed by atoms with van der Waals surface area (Å²) in [4.78, 5) is 21.1. The first kappa shape index (κ1) is 21.0. The van der Waals surface area contributed by atoms with E-state index in [1.54, 1.807) is 0 Å². The molecule has 1 aliphatic rings. The third-order valence-corrected chi connectivity index (χ3v) is 5.04. The van der Waals surface area contributed by atoms with E-state index in [0.29, 0.717) is 13.0 Å². The van der Waals surface area contributed by atoms with Gasteiger partial charge in [-0.2, -0.15) is 5.10 Å². The van der Waals surface area contributed by atoms with Crippen LogP contribution in [0.3, 0.4) is 0 Å². The normalized spacial score (nSPS) is 19.9. The number of nitrogens with zero attached hydrogens (tertiary/aromatic N) is 3. The van der Waals surface area contributed by atoms with Crippen LogP contribution in [0, 0.1) is 11.6 Å². The molecule has 0 spiro atoms. The number of hydrogen-bond donors (Lipinski definition) is 5. The second-order valence-corrected chi connectivity index (χ2v) is 7.08. The Balaban J connectivity index is 1.63. The van der Waals surface area contributed by atoms with Crippen LogP contribution in [0.15, 0.2) is 24.5 Å². The number of hydrogen-bond acceptors (Lipinski definition) is 8. The summed E-state index contributed by atoms with van der Waals surface area (Å²) in [6.45, 7) is 0.0277. The fourth-order valence-corrected chi connectivity index (χ4v) is 3.40. The standard InChI is InChI=1S/C19H20F2N6O4/c20-9-1-2-11(21)10(5-9)12(6-28)25-19(30)16-15-17(22-8-23-18(15)27-26-16)24-13-7-31-4-3-14(13)29/h1-2,5,8,12-14,28-29H,3-4,6-7H2,(H,25,30)(H2,22,23,24,26,27)/t12-,13+,14-/m1/s1. The van der Waals surface area contributed by atoms with E-state index in [9.17, 15) is 23.8 Å². The predicted octanol–water partition coefficient (Wildman–Crippen LogP) is 0.656. The third-order valence-electron chi connectivity index (χ3n) is 5.04. The fraction of sp³-hybridized carbons (Fsp3) is 0.368. The highest BCUT2D eigenvalue weighted by molar-refractivity contribution is 6.07. The van der Waals surface area contributed by atoms with Gasteiger partial charge >= 0.3 is 0 Å². The molecule has 0 bridgehead atoms. The van der Waals surface area contributed by atoms with E-state index in [-0.39, 0.29) is 34.7 Å². The summed E-state index contributed by atoms with van der Waals surface area (Å²) in [6.07, 6.45) is 1.03. The average molecular weight is 434 g/mol. The van der Waals surface area contributed by atoms with Crippen LogP contribution in [0.25, 0.3) is 11.0 Å².